The van der Waals surface area contributed by atoms with E-state index in [1.807, 2.05) is 29.6 Å². The second-order valence-corrected chi connectivity index (χ2v) is 6.10. The van der Waals surface area contributed by atoms with Crippen LogP contribution in [0.15, 0.2) is 29.6 Å². The number of nitrogen functional groups attached to an aromatic ring is 1. The summed E-state index contributed by atoms with van der Waals surface area (Å²) in [6.07, 6.45) is 7.71. The maximum Gasteiger partial charge on any atom is 0.180 e. The van der Waals surface area contributed by atoms with Crippen molar-refractivity contribution < 1.29 is 4.74 Å². The first-order valence-corrected chi connectivity index (χ1v) is 8.62. The summed E-state index contributed by atoms with van der Waals surface area (Å²) in [7, 11) is 0. The zero-order valence-electron chi connectivity index (χ0n) is 12.7. The van der Waals surface area contributed by atoms with E-state index in [-0.39, 0.29) is 0 Å². The number of unbranched alkanes of at least 4 members (excludes halogenated alkanes) is 5. The predicted octanol–water partition coefficient (Wildman–Crippen LogP) is 5.13. The van der Waals surface area contributed by atoms with Crippen molar-refractivity contribution in [2.45, 2.75) is 45.4 Å². The molecule has 114 valence electrons. The zero-order valence-corrected chi connectivity index (χ0v) is 13.5. The lowest BCUT2D eigenvalue weighted by Gasteiger charge is -2.06. The summed E-state index contributed by atoms with van der Waals surface area (Å²) in [6, 6.07) is 8.07. The molecule has 0 aliphatic carbocycles. The molecule has 1 aromatic heterocycles. The SMILES string of the molecule is CCCCCCCCOc1ccc(-c2csc(N)n2)cc1. The first kappa shape index (κ1) is 15.8. The third-order valence-corrected chi connectivity index (χ3v) is 4.11. The van der Waals surface area contributed by atoms with E-state index in [9.17, 15) is 0 Å². The van der Waals surface area contributed by atoms with Gasteiger partial charge < -0.3 is 10.5 Å². The van der Waals surface area contributed by atoms with Gasteiger partial charge in [0, 0.05) is 10.9 Å². The van der Waals surface area contributed by atoms with Crippen molar-refractivity contribution in [3.63, 3.8) is 0 Å². The molecule has 0 saturated carbocycles. The predicted molar refractivity (Wildman–Crippen MR) is 90.8 cm³/mol. The first-order valence-electron chi connectivity index (χ1n) is 7.74. The lowest BCUT2D eigenvalue weighted by atomic mass is 10.1. The van der Waals surface area contributed by atoms with Gasteiger partial charge in [-0.3, -0.25) is 0 Å². The minimum absolute atomic E-state index is 0.605. The molecule has 0 radical (unpaired) electrons. The van der Waals surface area contributed by atoms with Gasteiger partial charge in [-0.1, -0.05) is 39.0 Å². The standard InChI is InChI=1S/C17H24N2OS/c1-2-3-4-5-6-7-12-20-15-10-8-14(9-11-15)16-13-21-17(18)19-16/h8-11,13H,2-7,12H2,1H3,(H2,18,19). The van der Waals surface area contributed by atoms with Gasteiger partial charge in [0.2, 0.25) is 0 Å². The molecular weight excluding hydrogens is 280 g/mol. The molecule has 0 fully saturated rings. The van der Waals surface area contributed by atoms with Crippen LogP contribution in [0, 0.1) is 0 Å². The van der Waals surface area contributed by atoms with E-state index in [1.165, 1.54) is 43.4 Å². The molecule has 3 nitrogen and oxygen atoms in total. The van der Waals surface area contributed by atoms with Gasteiger partial charge in [-0.2, -0.15) is 0 Å². The number of aromatic nitrogens is 1. The van der Waals surface area contributed by atoms with Crippen LogP contribution in [-0.4, -0.2) is 11.6 Å². The molecule has 1 heterocycles. The van der Waals surface area contributed by atoms with Crippen LogP contribution in [-0.2, 0) is 0 Å². The minimum Gasteiger partial charge on any atom is -0.494 e. The van der Waals surface area contributed by atoms with Gasteiger partial charge in [0.1, 0.15) is 5.75 Å². The molecule has 0 aliphatic rings. The second kappa shape index (κ2) is 8.67. The maximum atomic E-state index is 5.77. The molecule has 2 aromatic rings. The lowest BCUT2D eigenvalue weighted by molar-refractivity contribution is 0.304. The highest BCUT2D eigenvalue weighted by atomic mass is 32.1. The van der Waals surface area contributed by atoms with Crippen molar-refractivity contribution in [3.05, 3.63) is 29.6 Å². The third kappa shape index (κ3) is 5.38. The van der Waals surface area contributed by atoms with Gasteiger partial charge in [0.15, 0.2) is 5.13 Å². The smallest absolute Gasteiger partial charge is 0.180 e. The average Bonchev–Trinajstić information content (AvgIpc) is 2.93. The summed E-state index contributed by atoms with van der Waals surface area (Å²) in [5.74, 6) is 0.926. The Bertz CT molecular complexity index is 522. The highest BCUT2D eigenvalue weighted by molar-refractivity contribution is 7.13. The van der Waals surface area contributed by atoms with Gasteiger partial charge in [0.05, 0.1) is 12.3 Å². The molecule has 0 saturated heterocycles. The number of hydrogen-bond donors (Lipinski definition) is 1. The molecular formula is C17H24N2OS. The Morgan fingerprint density at radius 2 is 1.76 bits per heavy atom. The van der Waals surface area contributed by atoms with Crippen LogP contribution in [0.4, 0.5) is 5.13 Å². The normalized spacial score (nSPS) is 10.7. The van der Waals surface area contributed by atoms with Crippen LogP contribution in [0.5, 0.6) is 5.75 Å². The second-order valence-electron chi connectivity index (χ2n) is 5.21. The van der Waals surface area contributed by atoms with Crippen molar-refractivity contribution in [3.8, 4) is 17.0 Å². The summed E-state index contributed by atoms with van der Waals surface area (Å²) in [4.78, 5) is 4.28. The third-order valence-electron chi connectivity index (χ3n) is 3.44. The lowest BCUT2D eigenvalue weighted by Crippen LogP contribution is -1.97. The summed E-state index contributed by atoms with van der Waals surface area (Å²) >= 11 is 1.46. The Morgan fingerprint density at radius 1 is 1.05 bits per heavy atom. The van der Waals surface area contributed by atoms with E-state index in [0.717, 1.165) is 30.0 Å². The Kier molecular flexibility index (Phi) is 6.54. The van der Waals surface area contributed by atoms with Crippen molar-refractivity contribution in [2.75, 3.05) is 12.3 Å². The van der Waals surface area contributed by atoms with Crippen molar-refractivity contribution in [1.29, 1.82) is 0 Å². The highest BCUT2D eigenvalue weighted by Gasteiger charge is 2.02. The highest BCUT2D eigenvalue weighted by Crippen LogP contribution is 2.25. The molecule has 2 rings (SSSR count). The number of nitrogens with zero attached hydrogens (tertiary/aromatic N) is 1. The molecule has 0 amide bonds. The summed E-state index contributed by atoms with van der Waals surface area (Å²) in [6.45, 7) is 3.04. The van der Waals surface area contributed by atoms with Gasteiger partial charge in [-0.05, 0) is 30.7 Å². The van der Waals surface area contributed by atoms with E-state index in [4.69, 9.17) is 10.5 Å². The van der Waals surface area contributed by atoms with E-state index >= 15 is 0 Å². The topological polar surface area (TPSA) is 48.1 Å². The quantitative estimate of drug-likeness (QED) is 0.653. The van der Waals surface area contributed by atoms with Crippen molar-refractivity contribution in [2.24, 2.45) is 0 Å². The maximum absolute atomic E-state index is 5.77. The summed E-state index contributed by atoms with van der Waals surface area (Å²) in [5.41, 5.74) is 7.66. The van der Waals surface area contributed by atoms with E-state index in [0.29, 0.717) is 5.13 Å². The fraction of sp³-hybridized carbons (Fsp3) is 0.471. The van der Waals surface area contributed by atoms with E-state index in [2.05, 4.69) is 11.9 Å². The van der Waals surface area contributed by atoms with Crippen LogP contribution in [0.1, 0.15) is 45.4 Å². The Balaban J connectivity index is 1.70. The summed E-state index contributed by atoms with van der Waals surface area (Å²) in [5, 5.41) is 2.58. The van der Waals surface area contributed by atoms with Gasteiger partial charge in [-0.15, -0.1) is 11.3 Å². The van der Waals surface area contributed by atoms with Crippen LogP contribution in [0.25, 0.3) is 11.3 Å². The molecule has 0 spiro atoms. The van der Waals surface area contributed by atoms with Crippen molar-refractivity contribution >= 4 is 16.5 Å². The van der Waals surface area contributed by atoms with Crippen LogP contribution in [0.3, 0.4) is 0 Å². The molecule has 4 heteroatoms. The van der Waals surface area contributed by atoms with E-state index < -0.39 is 0 Å². The molecule has 0 unspecified atom stereocenters. The number of nitrogens with two attached hydrogens (primary N) is 1. The van der Waals surface area contributed by atoms with Gasteiger partial charge >= 0.3 is 0 Å². The minimum atomic E-state index is 0.605. The fourth-order valence-electron chi connectivity index (χ4n) is 2.21. The molecule has 0 atom stereocenters. The zero-order chi connectivity index (χ0) is 14.9. The van der Waals surface area contributed by atoms with Crippen LogP contribution >= 0.6 is 11.3 Å². The van der Waals surface area contributed by atoms with Crippen LogP contribution in [0.2, 0.25) is 0 Å². The van der Waals surface area contributed by atoms with Crippen molar-refractivity contribution in [1.82, 2.24) is 4.98 Å². The Labute approximate surface area is 131 Å². The monoisotopic (exact) mass is 304 g/mol. The average molecular weight is 304 g/mol. The largest absolute Gasteiger partial charge is 0.494 e. The van der Waals surface area contributed by atoms with E-state index in [1.54, 1.807) is 0 Å². The number of rotatable bonds is 9. The Hall–Kier alpha value is -1.55. The molecule has 0 aliphatic heterocycles. The number of anilines is 1. The number of ether oxygens (including phenoxy) is 1. The van der Waals surface area contributed by atoms with Gasteiger partial charge in [-0.25, -0.2) is 4.98 Å². The molecule has 1 aromatic carbocycles. The summed E-state index contributed by atoms with van der Waals surface area (Å²) < 4.78 is 5.77. The molecule has 2 N–H and O–H groups in total. The Morgan fingerprint density at radius 3 is 2.43 bits per heavy atom. The fourth-order valence-corrected chi connectivity index (χ4v) is 2.79. The number of hydrogen-bond acceptors (Lipinski definition) is 4. The first-order chi connectivity index (χ1) is 10.3. The molecule has 0 bridgehead atoms. The van der Waals surface area contributed by atoms with Gasteiger partial charge in [0.25, 0.3) is 0 Å². The van der Waals surface area contributed by atoms with Crippen LogP contribution < -0.4 is 10.5 Å². The number of benzene rings is 1. The molecule has 21 heavy (non-hydrogen) atoms. The number of thiazole rings is 1.